The maximum atomic E-state index is 13.1. The molecule has 7 nitrogen and oxygen atoms in total. The molecular formula is C24H25ClN2O5S. The van der Waals surface area contributed by atoms with Gasteiger partial charge in [0.15, 0.2) is 0 Å². The van der Waals surface area contributed by atoms with Crippen LogP contribution in [0.3, 0.4) is 0 Å². The number of halogens is 1. The molecule has 0 aliphatic heterocycles. The van der Waals surface area contributed by atoms with Crippen LogP contribution in [-0.2, 0) is 10.0 Å². The third kappa shape index (κ3) is 5.97. The predicted octanol–water partition coefficient (Wildman–Crippen LogP) is 4.32. The third-order valence-electron chi connectivity index (χ3n) is 5.03. The average Bonchev–Trinajstić information content (AvgIpc) is 2.84. The zero-order valence-corrected chi connectivity index (χ0v) is 20.1. The molecule has 0 bridgehead atoms. The zero-order valence-electron chi connectivity index (χ0n) is 18.6. The quantitative estimate of drug-likeness (QED) is 0.448. The molecule has 0 fully saturated rings. The summed E-state index contributed by atoms with van der Waals surface area (Å²) >= 11 is 5.86. The summed E-state index contributed by atoms with van der Waals surface area (Å²) in [5.74, 6) is 0.967. The smallest absolute Gasteiger partial charge is 0.264 e. The molecule has 3 aromatic carbocycles. The molecule has 3 aromatic rings. The second-order valence-electron chi connectivity index (χ2n) is 7.23. The van der Waals surface area contributed by atoms with E-state index >= 15 is 0 Å². The highest BCUT2D eigenvalue weighted by Crippen LogP contribution is 2.25. The van der Waals surface area contributed by atoms with Crippen LogP contribution in [0.2, 0.25) is 5.02 Å². The van der Waals surface area contributed by atoms with Crippen LogP contribution in [0.25, 0.3) is 0 Å². The second-order valence-corrected chi connectivity index (χ2v) is 9.63. The lowest BCUT2D eigenvalue weighted by atomic mass is 10.2. The summed E-state index contributed by atoms with van der Waals surface area (Å²) in [5, 5.41) is 0.613. The number of nitrogens with zero attached hydrogens (tertiary/aromatic N) is 2. The lowest BCUT2D eigenvalue weighted by molar-refractivity contribution is 0.0773. The van der Waals surface area contributed by atoms with E-state index in [0.717, 1.165) is 0 Å². The van der Waals surface area contributed by atoms with Crippen molar-refractivity contribution in [2.24, 2.45) is 0 Å². The number of rotatable bonds is 9. The first-order valence-electron chi connectivity index (χ1n) is 10.1. The van der Waals surface area contributed by atoms with Gasteiger partial charge in [0.2, 0.25) is 0 Å². The Morgan fingerprint density at radius 3 is 2.21 bits per heavy atom. The highest BCUT2D eigenvalue weighted by Gasteiger charge is 2.23. The molecule has 174 valence electrons. The SMILES string of the molecule is COc1ccc(N(C)S(=O)(=O)c2cccc(C(=O)N(C)CCOc3ccc(Cl)cc3)c2)cc1. The van der Waals surface area contributed by atoms with Crippen LogP contribution in [0.1, 0.15) is 10.4 Å². The number of anilines is 1. The fraction of sp³-hybridized carbons (Fsp3) is 0.208. The molecule has 0 N–H and O–H groups in total. The highest BCUT2D eigenvalue weighted by molar-refractivity contribution is 7.92. The van der Waals surface area contributed by atoms with Crippen LogP contribution < -0.4 is 13.8 Å². The van der Waals surface area contributed by atoms with Gasteiger partial charge in [0.25, 0.3) is 15.9 Å². The summed E-state index contributed by atoms with van der Waals surface area (Å²) in [5.41, 5.74) is 0.747. The van der Waals surface area contributed by atoms with Crippen molar-refractivity contribution in [1.29, 1.82) is 0 Å². The zero-order chi connectivity index (χ0) is 24.0. The Morgan fingerprint density at radius 2 is 1.58 bits per heavy atom. The molecule has 0 saturated carbocycles. The summed E-state index contributed by atoms with van der Waals surface area (Å²) in [6.45, 7) is 0.603. The van der Waals surface area contributed by atoms with Gasteiger partial charge in [-0.2, -0.15) is 0 Å². The maximum absolute atomic E-state index is 13.1. The Hall–Kier alpha value is -3.23. The van der Waals surface area contributed by atoms with Crippen molar-refractivity contribution in [3.8, 4) is 11.5 Å². The molecular weight excluding hydrogens is 464 g/mol. The molecule has 1 amide bonds. The topological polar surface area (TPSA) is 76.2 Å². The van der Waals surface area contributed by atoms with E-state index < -0.39 is 10.0 Å². The van der Waals surface area contributed by atoms with E-state index in [9.17, 15) is 13.2 Å². The van der Waals surface area contributed by atoms with Crippen LogP contribution in [0, 0.1) is 0 Å². The van der Waals surface area contributed by atoms with Crippen molar-refractivity contribution < 1.29 is 22.7 Å². The standard InChI is InChI=1S/C24H25ClN2O5S/c1-26(15-16-32-22-11-7-19(25)8-12-22)24(28)18-5-4-6-23(17-18)33(29,30)27(2)20-9-13-21(31-3)14-10-20/h4-14,17H,15-16H2,1-3H3. The molecule has 33 heavy (non-hydrogen) atoms. The fourth-order valence-electron chi connectivity index (χ4n) is 3.03. The van der Waals surface area contributed by atoms with Gasteiger partial charge in [-0.3, -0.25) is 9.10 Å². The van der Waals surface area contributed by atoms with E-state index in [4.69, 9.17) is 21.1 Å². The molecule has 0 saturated heterocycles. The Morgan fingerprint density at radius 1 is 0.939 bits per heavy atom. The molecule has 0 heterocycles. The Balaban J connectivity index is 1.68. The molecule has 0 aliphatic rings. The van der Waals surface area contributed by atoms with Gasteiger partial charge in [-0.15, -0.1) is 0 Å². The van der Waals surface area contributed by atoms with E-state index in [-0.39, 0.29) is 23.0 Å². The number of hydrogen-bond acceptors (Lipinski definition) is 5. The second kappa shape index (κ2) is 10.6. The van der Waals surface area contributed by atoms with Gasteiger partial charge in [0, 0.05) is 24.7 Å². The normalized spacial score (nSPS) is 11.0. The number of carbonyl (C=O) groups is 1. The molecule has 0 atom stereocenters. The van der Waals surface area contributed by atoms with Gasteiger partial charge in [0.1, 0.15) is 18.1 Å². The summed E-state index contributed by atoms with van der Waals surface area (Å²) in [7, 11) is 0.778. The van der Waals surface area contributed by atoms with Crippen LogP contribution >= 0.6 is 11.6 Å². The summed E-state index contributed by atoms with van der Waals surface area (Å²) in [6, 6.07) is 19.6. The van der Waals surface area contributed by atoms with E-state index in [1.54, 1.807) is 74.8 Å². The lowest BCUT2D eigenvalue weighted by Crippen LogP contribution is -2.31. The minimum Gasteiger partial charge on any atom is -0.497 e. The Labute approximate surface area is 199 Å². The van der Waals surface area contributed by atoms with E-state index in [1.165, 1.54) is 28.4 Å². The van der Waals surface area contributed by atoms with Crippen molar-refractivity contribution >= 4 is 33.2 Å². The van der Waals surface area contributed by atoms with Crippen LogP contribution in [0.4, 0.5) is 5.69 Å². The minimum atomic E-state index is -3.86. The number of sulfonamides is 1. The number of ether oxygens (including phenoxy) is 2. The summed E-state index contributed by atoms with van der Waals surface area (Å²) in [6.07, 6.45) is 0. The highest BCUT2D eigenvalue weighted by atomic mass is 35.5. The first kappa shape index (κ1) is 24.4. The predicted molar refractivity (Wildman–Crippen MR) is 129 cm³/mol. The van der Waals surface area contributed by atoms with Gasteiger partial charge in [-0.1, -0.05) is 17.7 Å². The third-order valence-corrected chi connectivity index (χ3v) is 7.06. The van der Waals surface area contributed by atoms with Gasteiger partial charge >= 0.3 is 0 Å². The number of hydrogen-bond donors (Lipinski definition) is 0. The van der Waals surface area contributed by atoms with Gasteiger partial charge < -0.3 is 14.4 Å². The van der Waals surface area contributed by atoms with Crippen molar-refractivity contribution in [1.82, 2.24) is 4.90 Å². The maximum Gasteiger partial charge on any atom is 0.264 e. The van der Waals surface area contributed by atoms with Crippen molar-refractivity contribution in [2.45, 2.75) is 4.90 Å². The monoisotopic (exact) mass is 488 g/mol. The number of amides is 1. The first-order chi connectivity index (χ1) is 15.7. The van der Waals surface area contributed by atoms with Gasteiger partial charge in [-0.05, 0) is 66.7 Å². The van der Waals surface area contributed by atoms with Crippen molar-refractivity contribution in [3.05, 3.63) is 83.4 Å². The van der Waals surface area contributed by atoms with Crippen molar-refractivity contribution in [2.75, 3.05) is 38.7 Å². The van der Waals surface area contributed by atoms with E-state index in [1.807, 2.05) is 0 Å². The lowest BCUT2D eigenvalue weighted by Gasteiger charge is -2.21. The molecule has 3 rings (SSSR count). The molecule has 0 radical (unpaired) electrons. The number of carbonyl (C=O) groups excluding carboxylic acids is 1. The van der Waals surface area contributed by atoms with Gasteiger partial charge in [-0.25, -0.2) is 8.42 Å². The minimum absolute atomic E-state index is 0.0254. The van der Waals surface area contributed by atoms with E-state index in [2.05, 4.69) is 0 Å². The molecule has 0 aromatic heterocycles. The van der Waals surface area contributed by atoms with Crippen LogP contribution in [-0.4, -0.2) is 53.6 Å². The largest absolute Gasteiger partial charge is 0.497 e. The summed E-state index contributed by atoms with van der Waals surface area (Å²) in [4.78, 5) is 14.4. The van der Waals surface area contributed by atoms with Gasteiger partial charge in [0.05, 0.1) is 24.2 Å². The average molecular weight is 489 g/mol. The van der Waals surface area contributed by atoms with Crippen LogP contribution in [0.15, 0.2) is 77.7 Å². The van der Waals surface area contributed by atoms with Crippen LogP contribution in [0.5, 0.6) is 11.5 Å². The summed E-state index contributed by atoms with van der Waals surface area (Å²) < 4.78 is 38.2. The number of benzene rings is 3. The Kier molecular flexibility index (Phi) is 7.84. The molecule has 9 heteroatoms. The fourth-order valence-corrected chi connectivity index (χ4v) is 4.40. The first-order valence-corrected chi connectivity index (χ1v) is 11.9. The Bertz CT molecular complexity index is 1200. The molecule has 0 aliphatic carbocycles. The molecule has 0 unspecified atom stereocenters. The van der Waals surface area contributed by atoms with E-state index in [0.29, 0.717) is 28.8 Å². The number of likely N-dealkylation sites (N-methyl/N-ethyl adjacent to an activating group) is 1. The molecule has 0 spiro atoms. The number of methoxy groups -OCH3 is 1. The van der Waals surface area contributed by atoms with Crippen molar-refractivity contribution in [3.63, 3.8) is 0 Å².